The predicted octanol–water partition coefficient (Wildman–Crippen LogP) is 5.12. The van der Waals surface area contributed by atoms with Crippen molar-refractivity contribution in [2.75, 3.05) is 57.3 Å². The van der Waals surface area contributed by atoms with Crippen LogP contribution >= 0.6 is 0 Å². The molecule has 0 spiro atoms. The molecule has 0 aliphatic carbocycles. The molecule has 4 heterocycles. The molecule has 2 unspecified atom stereocenters. The number of amides is 2. The van der Waals surface area contributed by atoms with Crippen LogP contribution in [0.5, 0.6) is 11.5 Å². The molecule has 280 valence electrons. The SMILES string of the molecule is C.C.COc1ccccc1-c1cc(NC(=O)C2CCCN(S(C)(=O)=O)C2)ncn1.COc1ccccc1-c1cc(NC(=O)C2CCCNC2)ncn1. The van der Waals surface area contributed by atoms with Crippen LogP contribution in [-0.2, 0) is 19.6 Å². The van der Waals surface area contributed by atoms with Gasteiger partial charge in [-0.2, -0.15) is 0 Å². The molecule has 14 nitrogen and oxygen atoms in total. The summed E-state index contributed by atoms with van der Waals surface area (Å²) in [6, 6.07) is 18.5. The van der Waals surface area contributed by atoms with Gasteiger partial charge in [-0.05, 0) is 56.5 Å². The third-order valence-electron chi connectivity index (χ3n) is 8.49. The van der Waals surface area contributed by atoms with E-state index >= 15 is 0 Å². The summed E-state index contributed by atoms with van der Waals surface area (Å²) >= 11 is 0. The second-order valence-corrected chi connectivity index (χ2v) is 13.9. The molecule has 2 aromatic carbocycles. The van der Waals surface area contributed by atoms with Gasteiger partial charge in [0.05, 0.1) is 43.7 Å². The fourth-order valence-corrected chi connectivity index (χ4v) is 6.76. The number of sulfonamides is 1. The molecule has 6 rings (SSSR count). The molecular weight excluding hydrogens is 685 g/mol. The molecule has 2 aliphatic rings. The van der Waals surface area contributed by atoms with E-state index in [1.165, 1.54) is 17.0 Å². The Morgan fingerprint density at radius 3 is 1.75 bits per heavy atom. The average molecular weight is 735 g/mol. The highest BCUT2D eigenvalue weighted by atomic mass is 32.2. The molecular formula is C37H50N8O6S. The van der Waals surface area contributed by atoms with Crippen molar-refractivity contribution in [3.8, 4) is 34.0 Å². The maximum absolute atomic E-state index is 12.6. The quantitative estimate of drug-likeness (QED) is 0.208. The topological polar surface area (TPSA) is 178 Å². The second kappa shape index (κ2) is 19.6. The van der Waals surface area contributed by atoms with Crippen molar-refractivity contribution in [1.82, 2.24) is 29.6 Å². The summed E-state index contributed by atoms with van der Waals surface area (Å²) in [5.74, 6) is 1.63. The Labute approximate surface area is 306 Å². The Balaban J connectivity index is 0.000000273. The summed E-state index contributed by atoms with van der Waals surface area (Å²) in [5.41, 5.74) is 3.00. The van der Waals surface area contributed by atoms with Gasteiger partial charge in [0.15, 0.2) is 0 Å². The summed E-state index contributed by atoms with van der Waals surface area (Å²) in [6.45, 7) is 2.34. The Morgan fingerprint density at radius 1 is 0.769 bits per heavy atom. The van der Waals surface area contributed by atoms with Crippen molar-refractivity contribution in [3.63, 3.8) is 0 Å². The van der Waals surface area contributed by atoms with Crippen molar-refractivity contribution in [3.05, 3.63) is 73.3 Å². The zero-order chi connectivity index (χ0) is 35.5. The lowest BCUT2D eigenvalue weighted by Crippen LogP contribution is -2.43. The molecule has 4 aromatic rings. The number of carbonyl (C=O) groups excluding carboxylic acids is 2. The highest BCUT2D eigenvalue weighted by Crippen LogP contribution is 2.30. The van der Waals surface area contributed by atoms with Crippen LogP contribution in [0.1, 0.15) is 40.5 Å². The highest BCUT2D eigenvalue weighted by molar-refractivity contribution is 7.88. The molecule has 15 heteroatoms. The van der Waals surface area contributed by atoms with E-state index in [1.54, 1.807) is 26.4 Å². The van der Waals surface area contributed by atoms with Crippen LogP contribution in [-0.4, -0.2) is 91.1 Å². The van der Waals surface area contributed by atoms with Crippen molar-refractivity contribution in [2.45, 2.75) is 40.5 Å². The second-order valence-electron chi connectivity index (χ2n) is 12.0. The van der Waals surface area contributed by atoms with E-state index < -0.39 is 15.9 Å². The normalized spacial score (nSPS) is 17.1. The molecule has 2 aliphatic heterocycles. The maximum atomic E-state index is 12.6. The first-order valence-corrected chi connectivity index (χ1v) is 18.2. The molecule has 0 radical (unpaired) electrons. The molecule has 0 saturated carbocycles. The molecule has 0 bridgehead atoms. The molecule has 2 amide bonds. The van der Waals surface area contributed by atoms with Gasteiger partial charge in [0.1, 0.15) is 35.8 Å². The number of aromatic nitrogens is 4. The lowest BCUT2D eigenvalue weighted by Gasteiger charge is -2.29. The first-order chi connectivity index (χ1) is 24.2. The van der Waals surface area contributed by atoms with Gasteiger partial charge in [-0.1, -0.05) is 39.1 Å². The number of hydrogen-bond donors (Lipinski definition) is 3. The molecule has 2 aromatic heterocycles. The summed E-state index contributed by atoms with van der Waals surface area (Å²) in [4.78, 5) is 41.7. The van der Waals surface area contributed by atoms with Crippen molar-refractivity contribution in [1.29, 1.82) is 0 Å². The first kappa shape index (κ1) is 41.4. The number of para-hydroxylation sites is 2. The minimum Gasteiger partial charge on any atom is -0.496 e. The van der Waals surface area contributed by atoms with E-state index in [4.69, 9.17) is 9.47 Å². The monoisotopic (exact) mass is 734 g/mol. The fraction of sp³-hybridized carbons (Fsp3) is 0.405. The van der Waals surface area contributed by atoms with E-state index in [0.29, 0.717) is 42.5 Å². The van der Waals surface area contributed by atoms with Gasteiger partial charge < -0.3 is 25.4 Å². The number of hydrogen-bond acceptors (Lipinski definition) is 11. The number of nitrogens with zero attached hydrogens (tertiary/aromatic N) is 5. The van der Waals surface area contributed by atoms with Crippen molar-refractivity contribution in [2.24, 2.45) is 11.8 Å². The zero-order valence-electron chi connectivity index (χ0n) is 28.3. The van der Waals surface area contributed by atoms with E-state index in [0.717, 1.165) is 54.8 Å². The molecule has 2 fully saturated rings. The lowest BCUT2D eigenvalue weighted by atomic mass is 9.99. The maximum Gasteiger partial charge on any atom is 0.229 e. The van der Waals surface area contributed by atoms with Gasteiger partial charge in [0, 0.05) is 42.9 Å². The molecule has 2 saturated heterocycles. The average Bonchev–Trinajstić information content (AvgIpc) is 3.15. The summed E-state index contributed by atoms with van der Waals surface area (Å²) < 4.78 is 35.5. The van der Waals surface area contributed by atoms with Crippen LogP contribution in [0, 0.1) is 11.8 Å². The van der Waals surface area contributed by atoms with Crippen LogP contribution in [0.2, 0.25) is 0 Å². The number of methoxy groups -OCH3 is 2. The first-order valence-electron chi connectivity index (χ1n) is 16.3. The van der Waals surface area contributed by atoms with Gasteiger partial charge in [-0.15, -0.1) is 0 Å². The Kier molecular flexibility index (Phi) is 15.6. The molecule has 2 atom stereocenters. The molecule has 3 N–H and O–H groups in total. The third-order valence-corrected chi connectivity index (χ3v) is 9.76. The van der Waals surface area contributed by atoms with E-state index in [2.05, 4.69) is 35.9 Å². The van der Waals surface area contributed by atoms with Gasteiger partial charge in [-0.3, -0.25) is 9.59 Å². The summed E-state index contributed by atoms with van der Waals surface area (Å²) in [7, 11) is -0.0953. The minimum absolute atomic E-state index is 0. The zero-order valence-corrected chi connectivity index (χ0v) is 29.2. The van der Waals surface area contributed by atoms with Crippen molar-refractivity contribution >= 4 is 33.5 Å². The van der Waals surface area contributed by atoms with Crippen molar-refractivity contribution < 1.29 is 27.5 Å². The Hall–Kier alpha value is -4.99. The predicted molar refractivity (Wildman–Crippen MR) is 203 cm³/mol. The number of anilines is 2. The summed E-state index contributed by atoms with van der Waals surface area (Å²) in [5, 5.41) is 8.91. The fourth-order valence-electron chi connectivity index (χ4n) is 5.85. The van der Waals surface area contributed by atoms with E-state index in [1.807, 2.05) is 48.5 Å². The van der Waals surface area contributed by atoms with Gasteiger partial charge in [0.2, 0.25) is 21.8 Å². The lowest BCUT2D eigenvalue weighted by molar-refractivity contribution is -0.121. The van der Waals surface area contributed by atoms with E-state index in [-0.39, 0.29) is 39.1 Å². The van der Waals surface area contributed by atoms with Crippen LogP contribution in [0.15, 0.2) is 73.3 Å². The number of nitrogens with one attached hydrogen (secondary N) is 3. The van der Waals surface area contributed by atoms with Crippen LogP contribution < -0.4 is 25.4 Å². The van der Waals surface area contributed by atoms with Crippen LogP contribution in [0.25, 0.3) is 22.5 Å². The minimum atomic E-state index is -3.30. The van der Waals surface area contributed by atoms with E-state index in [9.17, 15) is 18.0 Å². The number of rotatable bonds is 9. The summed E-state index contributed by atoms with van der Waals surface area (Å²) in [6.07, 6.45) is 7.22. The van der Waals surface area contributed by atoms with Gasteiger partial charge >= 0.3 is 0 Å². The Morgan fingerprint density at radius 2 is 1.27 bits per heavy atom. The Bertz CT molecular complexity index is 1890. The molecule has 52 heavy (non-hydrogen) atoms. The highest BCUT2D eigenvalue weighted by Gasteiger charge is 2.30. The van der Waals surface area contributed by atoms with Gasteiger partial charge in [0.25, 0.3) is 0 Å². The third kappa shape index (κ3) is 11.0. The number of ether oxygens (including phenoxy) is 2. The number of benzene rings is 2. The van der Waals surface area contributed by atoms with Crippen LogP contribution in [0.4, 0.5) is 11.6 Å². The van der Waals surface area contributed by atoms with Crippen LogP contribution in [0.3, 0.4) is 0 Å². The van der Waals surface area contributed by atoms with Gasteiger partial charge in [-0.25, -0.2) is 32.7 Å². The smallest absolute Gasteiger partial charge is 0.229 e. The number of carbonyl (C=O) groups is 2. The standard InChI is InChI=1S/C18H22N4O4S.C17H20N4O2.2CH4/c1-26-16-8-4-3-7-14(16)15-10-17(20-12-19-15)21-18(23)13-6-5-9-22(11-13)27(2,24)25;1-23-15-7-3-2-6-13(15)14-9-16(20-11-19-14)21-17(22)12-5-4-8-18-10-12;;/h3-4,7-8,10,12-13H,5-6,9,11H2,1-2H3,(H,19,20,21,23);2-3,6-7,9,11-12,18H,4-5,8,10H2,1H3,(H,19,20,21,22);2*1H4. The number of piperidine rings is 2. The largest absolute Gasteiger partial charge is 0.496 e.